The first-order valence-corrected chi connectivity index (χ1v) is 7.21. The summed E-state index contributed by atoms with van der Waals surface area (Å²) in [6.45, 7) is 5.03. The van der Waals surface area contributed by atoms with E-state index >= 15 is 0 Å². The van der Waals surface area contributed by atoms with Gasteiger partial charge in [0.1, 0.15) is 5.41 Å². The van der Waals surface area contributed by atoms with Gasteiger partial charge >= 0.3 is 0 Å². The second-order valence-electron chi connectivity index (χ2n) is 5.83. The summed E-state index contributed by atoms with van der Waals surface area (Å²) in [5.74, 6) is -0.716. The molecule has 1 aliphatic heterocycles. The first kappa shape index (κ1) is 13.6. The number of carbonyl (C=O) groups excluding carboxylic acids is 1. The van der Waals surface area contributed by atoms with Crippen LogP contribution in [0.25, 0.3) is 0 Å². The number of benzene rings is 1. The lowest BCUT2D eigenvalue weighted by Gasteiger charge is -2.32. The summed E-state index contributed by atoms with van der Waals surface area (Å²) in [6.07, 6.45) is 1.66. The Morgan fingerprint density at radius 2 is 1.80 bits per heavy atom. The number of ether oxygens (including phenoxy) is 2. The zero-order chi connectivity index (χ0) is 14.2. The van der Waals surface area contributed by atoms with Crippen LogP contribution in [0, 0.1) is 5.41 Å². The van der Waals surface area contributed by atoms with Gasteiger partial charge in [-0.3, -0.25) is 4.79 Å². The van der Waals surface area contributed by atoms with E-state index in [9.17, 15) is 4.79 Å². The second-order valence-corrected chi connectivity index (χ2v) is 5.83. The highest BCUT2D eigenvalue weighted by molar-refractivity contribution is 5.86. The molecule has 1 aromatic rings. The van der Waals surface area contributed by atoms with E-state index in [0.29, 0.717) is 13.2 Å². The molecule has 1 saturated carbocycles. The lowest BCUT2D eigenvalue weighted by Crippen LogP contribution is -2.48. The van der Waals surface area contributed by atoms with Gasteiger partial charge in [0.15, 0.2) is 5.79 Å². The van der Waals surface area contributed by atoms with Gasteiger partial charge < -0.3 is 14.8 Å². The van der Waals surface area contributed by atoms with E-state index in [1.165, 1.54) is 0 Å². The lowest BCUT2D eigenvalue weighted by atomic mass is 9.94. The minimum atomic E-state index is -0.756. The average Bonchev–Trinajstić information content (AvgIpc) is 3.18. The molecule has 20 heavy (non-hydrogen) atoms. The van der Waals surface area contributed by atoms with E-state index in [1.54, 1.807) is 0 Å². The summed E-state index contributed by atoms with van der Waals surface area (Å²) in [6, 6.07) is 9.97. The Morgan fingerprint density at radius 3 is 2.35 bits per heavy atom. The molecule has 0 radical (unpaired) electrons. The molecule has 1 N–H and O–H groups in total. The third-order valence-corrected chi connectivity index (χ3v) is 4.54. The molecule has 2 fully saturated rings. The topological polar surface area (TPSA) is 47.6 Å². The van der Waals surface area contributed by atoms with Crippen LogP contribution in [0.4, 0.5) is 0 Å². The molecule has 0 aromatic heterocycles. The summed E-state index contributed by atoms with van der Waals surface area (Å²) in [7, 11) is 0. The van der Waals surface area contributed by atoms with Crippen LogP contribution in [0.15, 0.2) is 30.3 Å². The highest BCUT2D eigenvalue weighted by Crippen LogP contribution is 2.57. The number of hydrogen-bond donors (Lipinski definition) is 1. The van der Waals surface area contributed by atoms with Crippen LogP contribution in [-0.2, 0) is 14.3 Å². The van der Waals surface area contributed by atoms with Gasteiger partial charge in [-0.25, -0.2) is 0 Å². The van der Waals surface area contributed by atoms with Crippen LogP contribution in [0.5, 0.6) is 0 Å². The number of rotatable bonds is 4. The Kier molecular flexibility index (Phi) is 3.30. The predicted molar refractivity (Wildman–Crippen MR) is 75.0 cm³/mol. The van der Waals surface area contributed by atoms with E-state index in [-0.39, 0.29) is 11.9 Å². The molecule has 1 atom stereocenters. The minimum Gasteiger partial charge on any atom is -0.349 e. The molecule has 3 rings (SSSR count). The Hall–Kier alpha value is -1.39. The van der Waals surface area contributed by atoms with Crippen LogP contribution in [0.1, 0.15) is 38.3 Å². The van der Waals surface area contributed by atoms with Gasteiger partial charge in [0, 0.05) is 0 Å². The number of amides is 1. The Labute approximate surface area is 119 Å². The minimum absolute atomic E-state index is 0.00817. The van der Waals surface area contributed by atoms with Crippen molar-refractivity contribution in [3.63, 3.8) is 0 Å². The fourth-order valence-electron chi connectivity index (χ4n) is 2.96. The summed E-state index contributed by atoms with van der Waals surface area (Å²) < 4.78 is 11.4. The highest BCUT2D eigenvalue weighted by Gasteiger charge is 2.65. The molecule has 1 aromatic carbocycles. The standard InChI is InChI=1S/C16H21NO3/c1-12(13-6-4-3-5-7-13)17-14(18)16(8-9-16)15(2)19-10-11-20-15/h3-7,12H,8-11H2,1-2H3,(H,17,18)/t12-/m1/s1. The fraction of sp³-hybridized carbons (Fsp3) is 0.562. The van der Waals surface area contributed by atoms with Gasteiger partial charge in [-0.05, 0) is 32.3 Å². The lowest BCUT2D eigenvalue weighted by molar-refractivity contribution is -0.196. The SMILES string of the molecule is C[C@@H](NC(=O)C1(C2(C)OCCO2)CC1)c1ccccc1. The average molecular weight is 275 g/mol. The van der Waals surface area contributed by atoms with Crippen LogP contribution in [-0.4, -0.2) is 24.9 Å². The number of nitrogens with one attached hydrogen (secondary N) is 1. The summed E-state index contributed by atoms with van der Waals surface area (Å²) in [5, 5.41) is 3.10. The smallest absolute Gasteiger partial charge is 0.232 e. The van der Waals surface area contributed by atoms with Crippen molar-refractivity contribution in [3.8, 4) is 0 Å². The molecule has 1 saturated heterocycles. The molecule has 1 heterocycles. The van der Waals surface area contributed by atoms with E-state index < -0.39 is 11.2 Å². The van der Waals surface area contributed by atoms with Crippen molar-refractivity contribution in [1.82, 2.24) is 5.32 Å². The van der Waals surface area contributed by atoms with Gasteiger partial charge in [-0.15, -0.1) is 0 Å². The molecule has 1 aliphatic carbocycles. The van der Waals surface area contributed by atoms with Crippen molar-refractivity contribution in [2.45, 2.75) is 38.5 Å². The van der Waals surface area contributed by atoms with Crippen molar-refractivity contribution in [2.75, 3.05) is 13.2 Å². The van der Waals surface area contributed by atoms with Crippen LogP contribution >= 0.6 is 0 Å². The Bertz CT molecular complexity index is 490. The Balaban J connectivity index is 1.71. The third kappa shape index (κ3) is 2.13. The van der Waals surface area contributed by atoms with Crippen molar-refractivity contribution >= 4 is 5.91 Å². The van der Waals surface area contributed by atoms with E-state index in [4.69, 9.17) is 9.47 Å². The first-order chi connectivity index (χ1) is 9.57. The maximum atomic E-state index is 12.6. The van der Waals surface area contributed by atoms with Crippen LogP contribution in [0.3, 0.4) is 0 Å². The molecular weight excluding hydrogens is 254 g/mol. The van der Waals surface area contributed by atoms with E-state index in [2.05, 4.69) is 5.32 Å². The monoisotopic (exact) mass is 275 g/mol. The van der Waals surface area contributed by atoms with Crippen LogP contribution < -0.4 is 5.32 Å². The molecule has 2 aliphatic rings. The predicted octanol–water partition coefficient (Wildman–Crippen LogP) is 2.41. The Morgan fingerprint density at radius 1 is 1.20 bits per heavy atom. The molecule has 4 nitrogen and oxygen atoms in total. The van der Waals surface area contributed by atoms with Crippen molar-refractivity contribution in [1.29, 1.82) is 0 Å². The van der Waals surface area contributed by atoms with Gasteiger partial charge in [-0.2, -0.15) is 0 Å². The van der Waals surface area contributed by atoms with Crippen molar-refractivity contribution in [3.05, 3.63) is 35.9 Å². The zero-order valence-corrected chi connectivity index (χ0v) is 12.0. The molecule has 108 valence electrons. The third-order valence-electron chi connectivity index (χ3n) is 4.54. The summed E-state index contributed by atoms with van der Waals surface area (Å²) in [5.41, 5.74) is 0.599. The van der Waals surface area contributed by atoms with Gasteiger partial charge in [-0.1, -0.05) is 30.3 Å². The zero-order valence-electron chi connectivity index (χ0n) is 12.0. The highest BCUT2D eigenvalue weighted by atomic mass is 16.7. The molecular formula is C16H21NO3. The van der Waals surface area contributed by atoms with Crippen molar-refractivity contribution < 1.29 is 14.3 Å². The molecule has 4 heteroatoms. The second kappa shape index (κ2) is 4.86. The maximum Gasteiger partial charge on any atom is 0.232 e. The van der Waals surface area contributed by atoms with Gasteiger partial charge in [0.25, 0.3) is 0 Å². The maximum absolute atomic E-state index is 12.6. The first-order valence-electron chi connectivity index (χ1n) is 7.21. The number of carbonyl (C=O) groups is 1. The molecule has 1 amide bonds. The fourth-order valence-corrected chi connectivity index (χ4v) is 2.96. The molecule has 0 spiro atoms. The quantitative estimate of drug-likeness (QED) is 0.918. The number of hydrogen-bond acceptors (Lipinski definition) is 3. The van der Waals surface area contributed by atoms with E-state index in [1.807, 2.05) is 44.2 Å². The molecule has 0 unspecified atom stereocenters. The van der Waals surface area contributed by atoms with Crippen molar-refractivity contribution in [2.24, 2.45) is 5.41 Å². The summed E-state index contributed by atoms with van der Waals surface area (Å²) >= 11 is 0. The van der Waals surface area contributed by atoms with Gasteiger partial charge in [0.05, 0.1) is 19.3 Å². The van der Waals surface area contributed by atoms with Gasteiger partial charge in [0.2, 0.25) is 5.91 Å². The summed E-state index contributed by atoms with van der Waals surface area (Å²) in [4.78, 5) is 12.6. The van der Waals surface area contributed by atoms with E-state index in [0.717, 1.165) is 18.4 Å². The largest absolute Gasteiger partial charge is 0.349 e. The van der Waals surface area contributed by atoms with Crippen LogP contribution in [0.2, 0.25) is 0 Å². The normalized spacial score (nSPS) is 24.1. The molecule has 0 bridgehead atoms.